The third kappa shape index (κ3) is 5.70. The zero-order valence-corrected chi connectivity index (χ0v) is 23.5. The Morgan fingerprint density at radius 2 is 0.676 bits per heavy atom. The molecule has 3 aromatic carbocycles. The number of aryl methyl sites for hydroxylation is 6. The first kappa shape index (κ1) is 25.6. The minimum absolute atomic E-state index is 0.371. The average Bonchev–Trinajstić information content (AvgIpc) is 2.73. The standard InChI is InChI=1S/3C9H10O2.In/c3*1-6-4-3-5-7(2)8(6)9(10)11;/h3*3-5H,1-2H3,(H,10,11);/q;;;+3/p-3. The van der Waals surface area contributed by atoms with Gasteiger partial charge < -0.3 is 0 Å². The third-order valence-electron chi connectivity index (χ3n) is 5.67. The van der Waals surface area contributed by atoms with Crippen LogP contribution in [0.15, 0.2) is 54.6 Å². The van der Waals surface area contributed by atoms with E-state index in [-0.39, 0.29) is 0 Å². The summed E-state index contributed by atoms with van der Waals surface area (Å²) in [6, 6.07) is 16.3. The zero-order valence-electron chi connectivity index (χ0n) is 20.2. The van der Waals surface area contributed by atoms with Gasteiger partial charge in [0, 0.05) is 0 Å². The molecule has 7 heteroatoms. The summed E-state index contributed by atoms with van der Waals surface area (Å²) in [5, 5.41) is 0. The summed E-state index contributed by atoms with van der Waals surface area (Å²) in [6.07, 6.45) is 0. The molecule has 0 heterocycles. The first-order chi connectivity index (χ1) is 16.1. The van der Waals surface area contributed by atoms with Crippen LogP contribution in [0, 0.1) is 41.5 Å². The molecule has 6 nitrogen and oxygen atoms in total. The monoisotopic (exact) mass is 562 g/mol. The normalized spacial score (nSPS) is 10.4. The second-order valence-corrected chi connectivity index (χ2v) is 12.0. The van der Waals surface area contributed by atoms with E-state index in [9.17, 15) is 14.4 Å². The van der Waals surface area contributed by atoms with Crippen LogP contribution in [0.25, 0.3) is 0 Å². The van der Waals surface area contributed by atoms with Gasteiger partial charge in [0.1, 0.15) is 0 Å². The van der Waals surface area contributed by atoms with Gasteiger partial charge in [-0.25, -0.2) is 0 Å². The summed E-state index contributed by atoms with van der Waals surface area (Å²) < 4.78 is 16.9. The molecular formula is C27H27InO6. The molecule has 34 heavy (non-hydrogen) atoms. The summed E-state index contributed by atoms with van der Waals surface area (Å²) in [5.41, 5.74) is 5.43. The first-order valence-electron chi connectivity index (χ1n) is 10.9. The van der Waals surface area contributed by atoms with Gasteiger partial charge in [-0.1, -0.05) is 0 Å². The van der Waals surface area contributed by atoms with Crippen LogP contribution in [0.2, 0.25) is 0 Å². The Labute approximate surface area is 209 Å². The molecule has 0 radical (unpaired) electrons. The SMILES string of the molecule is Cc1cccc(C)c1C(=O)[O][In]([O]C(=O)c1c(C)cccc1C)[O]C(=O)c1c(C)cccc1C. The Kier molecular flexibility index (Phi) is 8.20. The number of carbonyl (C=O) groups excluding carboxylic acids is 3. The third-order valence-corrected chi connectivity index (χ3v) is 9.15. The topological polar surface area (TPSA) is 78.9 Å². The second kappa shape index (κ2) is 10.9. The van der Waals surface area contributed by atoms with Crippen LogP contribution in [-0.2, 0) is 8.56 Å². The molecule has 174 valence electrons. The summed E-state index contributed by atoms with van der Waals surface area (Å²) >= 11 is -4.47. The Hall–Kier alpha value is -3.06. The van der Waals surface area contributed by atoms with Gasteiger partial charge in [-0.3, -0.25) is 0 Å². The Bertz CT molecular complexity index is 1050. The zero-order chi connectivity index (χ0) is 25.0. The van der Waals surface area contributed by atoms with E-state index >= 15 is 0 Å². The van der Waals surface area contributed by atoms with Crippen molar-refractivity contribution in [3.8, 4) is 0 Å². The van der Waals surface area contributed by atoms with Crippen LogP contribution in [0.3, 0.4) is 0 Å². The fraction of sp³-hybridized carbons (Fsp3) is 0.222. The average molecular weight is 562 g/mol. The van der Waals surface area contributed by atoms with Crippen molar-refractivity contribution in [1.82, 2.24) is 0 Å². The molecule has 3 rings (SSSR count). The van der Waals surface area contributed by atoms with E-state index in [4.69, 9.17) is 8.56 Å². The maximum absolute atomic E-state index is 13.0. The van der Waals surface area contributed by atoms with Crippen LogP contribution < -0.4 is 0 Å². The van der Waals surface area contributed by atoms with E-state index < -0.39 is 40.7 Å². The molecule has 0 aliphatic carbocycles. The molecule has 0 saturated heterocycles. The van der Waals surface area contributed by atoms with Crippen molar-refractivity contribution in [1.29, 1.82) is 0 Å². The van der Waals surface area contributed by atoms with E-state index in [2.05, 4.69) is 0 Å². The van der Waals surface area contributed by atoms with Gasteiger partial charge in [-0.05, 0) is 0 Å². The maximum atomic E-state index is 13.0. The van der Waals surface area contributed by atoms with Crippen LogP contribution >= 0.6 is 0 Å². The number of rotatable bonds is 6. The van der Waals surface area contributed by atoms with Crippen LogP contribution in [0.5, 0.6) is 0 Å². The molecular weight excluding hydrogens is 535 g/mol. The van der Waals surface area contributed by atoms with Crippen molar-refractivity contribution in [2.45, 2.75) is 41.5 Å². The van der Waals surface area contributed by atoms with Gasteiger partial charge in [0.2, 0.25) is 0 Å². The van der Waals surface area contributed by atoms with E-state index in [0.717, 1.165) is 33.4 Å². The molecule has 0 bridgehead atoms. The van der Waals surface area contributed by atoms with Crippen molar-refractivity contribution >= 4 is 40.7 Å². The summed E-state index contributed by atoms with van der Waals surface area (Å²) in [6.45, 7) is 10.7. The minimum atomic E-state index is -4.47. The van der Waals surface area contributed by atoms with Crippen LogP contribution in [0.1, 0.15) is 64.5 Å². The molecule has 0 unspecified atom stereocenters. The fourth-order valence-corrected chi connectivity index (χ4v) is 6.84. The number of hydrogen-bond acceptors (Lipinski definition) is 6. The van der Waals surface area contributed by atoms with Gasteiger partial charge in [-0.15, -0.1) is 0 Å². The number of benzene rings is 3. The molecule has 0 spiro atoms. The first-order valence-corrected chi connectivity index (χ1v) is 15.0. The van der Waals surface area contributed by atoms with Crippen molar-refractivity contribution in [2.24, 2.45) is 0 Å². The van der Waals surface area contributed by atoms with Gasteiger partial charge in [-0.2, -0.15) is 0 Å². The summed E-state index contributed by atoms with van der Waals surface area (Å²) in [5.74, 6) is -2.00. The molecule has 0 fully saturated rings. The molecule has 3 aromatic rings. The predicted octanol–water partition coefficient (Wildman–Crippen LogP) is 5.39. The second-order valence-electron chi connectivity index (χ2n) is 8.31. The van der Waals surface area contributed by atoms with Crippen LogP contribution in [-0.4, -0.2) is 40.7 Å². The summed E-state index contributed by atoms with van der Waals surface area (Å²) in [4.78, 5) is 39.1. The van der Waals surface area contributed by atoms with Gasteiger partial charge >= 0.3 is 210 Å². The van der Waals surface area contributed by atoms with E-state index in [1.54, 1.807) is 77.9 Å². The predicted molar refractivity (Wildman–Crippen MR) is 130 cm³/mol. The summed E-state index contributed by atoms with van der Waals surface area (Å²) in [7, 11) is 0. The molecule has 0 aliphatic rings. The van der Waals surface area contributed by atoms with Gasteiger partial charge in [0.05, 0.1) is 0 Å². The van der Waals surface area contributed by atoms with Gasteiger partial charge in [0.25, 0.3) is 0 Å². The molecule has 0 N–H and O–H groups in total. The van der Waals surface area contributed by atoms with Crippen molar-refractivity contribution in [3.63, 3.8) is 0 Å². The molecule has 0 amide bonds. The van der Waals surface area contributed by atoms with E-state index in [0.29, 0.717) is 16.7 Å². The van der Waals surface area contributed by atoms with E-state index in [1.165, 1.54) is 0 Å². The van der Waals surface area contributed by atoms with E-state index in [1.807, 2.05) is 18.2 Å². The molecule has 0 aliphatic heterocycles. The van der Waals surface area contributed by atoms with Crippen LogP contribution in [0.4, 0.5) is 0 Å². The number of hydrogen-bond donors (Lipinski definition) is 0. The number of carbonyl (C=O) groups is 3. The van der Waals surface area contributed by atoms with Crippen molar-refractivity contribution in [3.05, 3.63) is 105 Å². The van der Waals surface area contributed by atoms with Gasteiger partial charge in [0.15, 0.2) is 0 Å². The molecule has 0 saturated carbocycles. The van der Waals surface area contributed by atoms with Crippen molar-refractivity contribution in [2.75, 3.05) is 0 Å². The Morgan fingerprint density at radius 3 is 0.882 bits per heavy atom. The molecule has 0 atom stereocenters. The Balaban J connectivity index is 1.93. The Morgan fingerprint density at radius 1 is 0.471 bits per heavy atom. The molecule has 0 aromatic heterocycles. The fourth-order valence-electron chi connectivity index (χ4n) is 3.92. The quantitative estimate of drug-likeness (QED) is 0.401. The van der Waals surface area contributed by atoms with Crippen molar-refractivity contribution < 1.29 is 22.9 Å².